The molecule has 2 aromatic rings. The number of carbonyl (C=O) groups excluding carboxylic acids is 1. The molecule has 27 heavy (non-hydrogen) atoms. The summed E-state index contributed by atoms with van der Waals surface area (Å²) in [6.07, 6.45) is 2.22. The molecule has 1 aromatic heterocycles. The second-order valence-electron chi connectivity index (χ2n) is 7.26. The average Bonchev–Trinajstić information content (AvgIpc) is 3.10. The van der Waals surface area contributed by atoms with Crippen LogP contribution in [0, 0.1) is 5.82 Å². The predicted molar refractivity (Wildman–Crippen MR) is 105 cm³/mol. The Morgan fingerprint density at radius 2 is 2.22 bits per heavy atom. The molecule has 1 N–H and O–H groups in total. The van der Waals surface area contributed by atoms with Gasteiger partial charge in [0.2, 0.25) is 5.91 Å². The maximum atomic E-state index is 14.6. The van der Waals surface area contributed by atoms with Gasteiger partial charge in [-0.3, -0.25) is 4.79 Å². The van der Waals surface area contributed by atoms with Crippen molar-refractivity contribution >= 4 is 34.7 Å². The number of amides is 1. The van der Waals surface area contributed by atoms with Gasteiger partial charge in [-0.15, -0.1) is 11.3 Å². The van der Waals surface area contributed by atoms with Crippen LogP contribution >= 0.6 is 23.1 Å². The van der Waals surface area contributed by atoms with Crippen molar-refractivity contribution in [2.75, 3.05) is 18.6 Å². The molecule has 1 saturated heterocycles. The highest BCUT2D eigenvalue weighted by atomic mass is 32.2. The van der Waals surface area contributed by atoms with E-state index in [1.165, 1.54) is 29.2 Å². The second-order valence-corrected chi connectivity index (χ2v) is 9.48. The molecular weight excluding hydrogens is 385 g/mol. The van der Waals surface area contributed by atoms with Gasteiger partial charge in [-0.1, -0.05) is 17.8 Å². The van der Waals surface area contributed by atoms with E-state index in [-0.39, 0.29) is 17.8 Å². The van der Waals surface area contributed by atoms with Crippen LogP contribution in [0.1, 0.15) is 37.3 Å². The van der Waals surface area contributed by atoms with Crippen LogP contribution in [0.5, 0.6) is 0 Å². The molecule has 3 heterocycles. The number of anilines is 1. The standard InChI is InChI=1S/C20H22FNO3S2/c1-12-10-20(24,7-8-25-12)14-9-17(26-11-14)27-19-15(21)5-3-13-4-6-16(23)22(2)18(13)19/h3,5,9,11-12,24H,4,6-8,10H2,1-2H3. The lowest BCUT2D eigenvalue weighted by Gasteiger charge is -2.35. The van der Waals surface area contributed by atoms with Crippen LogP contribution in [0.25, 0.3) is 0 Å². The van der Waals surface area contributed by atoms with Gasteiger partial charge < -0.3 is 14.7 Å². The Balaban J connectivity index is 1.65. The van der Waals surface area contributed by atoms with Gasteiger partial charge in [0.05, 0.1) is 33.1 Å². The van der Waals surface area contributed by atoms with E-state index in [0.29, 0.717) is 42.9 Å². The van der Waals surface area contributed by atoms with E-state index >= 15 is 0 Å². The van der Waals surface area contributed by atoms with E-state index in [1.807, 2.05) is 18.4 Å². The molecule has 0 aliphatic carbocycles. The third-order valence-corrected chi connectivity index (χ3v) is 7.52. The summed E-state index contributed by atoms with van der Waals surface area (Å²) in [5.41, 5.74) is 1.63. The number of halogens is 1. The molecule has 4 rings (SSSR count). The Hall–Kier alpha value is -1.41. The highest BCUT2D eigenvalue weighted by Gasteiger charge is 2.36. The minimum atomic E-state index is -0.894. The van der Waals surface area contributed by atoms with Crippen LogP contribution in [-0.2, 0) is 21.6 Å². The van der Waals surface area contributed by atoms with Crippen molar-refractivity contribution in [2.45, 2.75) is 53.4 Å². The van der Waals surface area contributed by atoms with Gasteiger partial charge in [-0.05, 0) is 42.0 Å². The molecule has 0 radical (unpaired) electrons. The summed E-state index contributed by atoms with van der Waals surface area (Å²) >= 11 is 2.82. The second kappa shape index (κ2) is 7.20. The van der Waals surface area contributed by atoms with Crippen molar-refractivity contribution in [1.82, 2.24) is 0 Å². The lowest BCUT2D eigenvalue weighted by atomic mass is 9.86. The average molecular weight is 408 g/mol. The number of thiophene rings is 1. The zero-order valence-corrected chi connectivity index (χ0v) is 17.0. The van der Waals surface area contributed by atoms with Crippen molar-refractivity contribution in [2.24, 2.45) is 0 Å². The first-order valence-corrected chi connectivity index (χ1v) is 10.8. The fourth-order valence-corrected chi connectivity index (χ4v) is 6.06. The molecule has 0 bridgehead atoms. The summed E-state index contributed by atoms with van der Waals surface area (Å²) in [7, 11) is 1.70. The quantitative estimate of drug-likeness (QED) is 0.823. The molecule has 144 valence electrons. The van der Waals surface area contributed by atoms with Gasteiger partial charge >= 0.3 is 0 Å². The van der Waals surface area contributed by atoms with Gasteiger partial charge in [-0.25, -0.2) is 4.39 Å². The highest BCUT2D eigenvalue weighted by Crippen LogP contribution is 2.45. The SMILES string of the molecule is CC1CC(O)(c2csc(Sc3c(F)ccc4c3N(C)C(=O)CC4)c2)CCO1. The topological polar surface area (TPSA) is 49.8 Å². The van der Waals surface area contributed by atoms with Crippen LogP contribution in [0.15, 0.2) is 32.7 Å². The first-order chi connectivity index (χ1) is 12.9. The molecule has 1 fully saturated rings. The Labute approximate surface area is 166 Å². The van der Waals surface area contributed by atoms with Gasteiger partial charge in [0.25, 0.3) is 0 Å². The molecule has 2 atom stereocenters. The summed E-state index contributed by atoms with van der Waals surface area (Å²) in [6, 6.07) is 5.19. The van der Waals surface area contributed by atoms with E-state index in [2.05, 4.69) is 0 Å². The predicted octanol–water partition coefficient (Wildman–Crippen LogP) is 4.33. The molecule has 2 unspecified atom stereocenters. The maximum absolute atomic E-state index is 14.6. The van der Waals surface area contributed by atoms with Gasteiger partial charge in [-0.2, -0.15) is 0 Å². The smallest absolute Gasteiger partial charge is 0.227 e. The van der Waals surface area contributed by atoms with Crippen LogP contribution in [0.4, 0.5) is 10.1 Å². The maximum Gasteiger partial charge on any atom is 0.227 e. The number of hydrogen-bond acceptors (Lipinski definition) is 5. The zero-order chi connectivity index (χ0) is 19.2. The van der Waals surface area contributed by atoms with Crippen molar-refractivity contribution in [3.05, 3.63) is 40.5 Å². The van der Waals surface area contributed by atoms with Crippen LogP contribution < -0.4 is 4.90 Å². The highest BCUT2D eigenvalue weighted by molar-refractivity contribution is 8.01. The Morgan fingerprint density at radius 1 is 1.41 bits per heavy atom. The fraction of sp³-hybridized carbons (Fsp3) is 0.450. The molecule has 7 heteroatoms. The van der Waals surface area contributed by atoms with Crippen molar-refractivity contribution in [1.29, 1.82) is 0 Å². The Morgan fingerprint density at radius 3 is 3.00 bits per heavy atom. The number of aryl methyl sites for hydroxylation is 1. The van der Waals surface area contributed by atoms with E-state index < -0.39 is 5.60 Å². The summed E-state index contributed by atoms with van der Waals surface area (Å²) in [4.78, 5) is 14.1. The van der Waals surface area contributed by atoms with Gasteiger partial charge in [0, 0.05) is 26.3 Å². The third kappa shape index (κ3) is 3.53. The molecule has 0 saturated carbocycles. The largest absolute Gasteiger partial charge is 0.385 e. The minimum Gasteiger partial charge on any atom is -0.385 e. The molecule has 1 amide bonds. The van der Waals surface area contributed by atoms with E-state index in [1.54, 1.807) is 18.0 Å². The van der Waals surface area contributed by atoms with E-state index in [4.69, 9.17) is 4.74 Å². The Bertz CT molecular complexity index is 884. The van der Waals surface area contributed by atoms with Crippen molar-refractivity contribution < 1.29 is 19.0 Å². The number of carbonyl (C=O) groups is 1. The number of rotatable bonds is 3. The van der Waals surface area contributed by atoms with E-state index in [9.17, 15) is 14.3 Å². The van der Waals surface area contributed by atoms with Crippen LogP contribution in [0.2, 0.25) is 0 Å². The van der Waals surface area contributed by atoms with Crippen LogP contribution in [0.3, 0.4) is 0 Å². The van der Waals surface area contributed by atoms with Crippen LogP contribution in [-0.4, -0.2) is 30.8 Å². The molecule has 0 spiro atoms. The number of nitrogens with zero attached hydrogens (tertiary/aromatic N) is 1. The lowest BCUT2D eigenvalue weighted by Crippen LogP contribution is -2.37. The lowest BCUT2D eigenvalue weighted by molar-refractivity contribution is -0.118. The number of hydrogen-bond donors (Lipinski definition) is 1. The first-order valence-electron chi connectivity index (χ1n) is 9.06. The molecule has 1 aromatic carbocycles. The third-order valence-electron chi connectivity index (χ3n) is 5.34. The van der Waals surface area contributed by atoms with Crippen molar-refractivity contribution in [3.63, 3.8) is 0 Å². The normalized spacial score (nSPS) is 25.6. The Kier molecular flexibility index (Phi) is 5.05. The zero-order valence-electron chi connectivity index (χ0n) is 15.3. The number of fused-ring (bicyclic) bond motifs is 1. The molecule has 2 aliphatic rings. The number of aliphatic hydroxyl groups is 1. The minimum absolute atomic E-state index is 0.00678. The molecular formula is C20H22FNO3S2. The number of benzene rings is 1. The van der Waals surface area contributed by atoms with Gasteiger partial charge in [0.15, 0.2) is 0 Å². The van der Waals surface area contributed by atoms with E-state index in [0.717, 1.165) is 15.3 Å². The summed E-state index contributed by atoms with van der Waals surface area (Å²) in [5.74, 6) is -0.319. The number of ether oxygens (including phenoxy) is 1. The molecule has 4 nitrogen and oxygen atoms in total. The summed E-state index contributed by atoms with van der Waals surface area (Å²) in [5, 5.41) is 13.0. The van der Waals surface area contributed by atoms with Crippen molar-refractivity contribution in [3.8, 4) is 0 Å². The molecule has 2 aliphatic heterocycles. The first kappa shape index (κ1) is 18.9. The summed E-state index contributed by atoms with van der Waals surface area (Å²) in [6.45, 7) is 2.49. The van der Waals surface area contributed by atoms with Gasteiger partial charge in [0.1, 0.15) is 5.82 Å². The summed E-state index contributed by atoms with van der Waals surface area (Å²) < 4.78 is 21.1. The fourth-order valence-electron chi connectivity index (χ4n) is 3.83. The monoisotopic (exact) mass is 407 g/mol.